The van der Waals surface area contributed by atoms with E-state index in [0.29, 0.717) is 11.3 Å². The van der Waals surface area contributed by atoms with E-state index in [4.69, 9.17) is 4.74 Å². The lowest BCUT2D eigenvalue weighted by molar-refractivity contribution is -0.156. The predicted octanol–water partition coefficient (Wildman–Crippen LogP) is 6.30. The van der Waals surface area contributed by atoms with Gasteiger partial charge in [0.1, 0.15) is 14.2 Å². The summed E-state index contributed by atoms with van der Waals surface area (Å²) in [5.41, 5.74) is 6.95. The Morgan fingerprint density at radius 3 is 2.59 bits per heavy atom. The molecule has 0 aliphatic heterocycles. The van der Waals surface area contributed by atoms with Crippen molar-refractivity contribution in [3.8, 4) is 11.5 Å². The van der Waals surface area contributed by atoms with E-state index in [1.807, 2.05) is 0 Å². The van der Waals surface area contributed by atoms with Gasteiger partial charge in [-0.15, -0.1) is 5.54 Å². The minimum absolute atomic E-state index is 0.110. The first-order valence-electron chi connectivity index (χ1n) is 11.6. The van der Waals surface area contributed by atoms with Gasteiger partial charge in [-0.25, -0.2) is 0 Å². The third-order valence-electron chi connectivity index (χ3n) is 8.59. The molecular formula is C26H38O2Si. The van der Waals surface area contributed by atoms with Crippen LogP contribution in [-0.4, -0.2) is 20.1 Å². The van der Waals surface area contributed by atoms with Crippen LogP contribution in [0.5, 0.6) is 0 Å². The van der Waals surface area contributed by atoms with Gasteiger partial charge in [0.15, 0.2) is 0 Å². The molecule has 0 unspecified atom stereocenters. The summed E-state index contributed by atoms with van der Waals surface area (Å²) in [5, 5.41) is 0. The Hall–Kier alpha value is -1.27. The molecule has 29 heavy (non-hydrogen) atoms. The average molecular weight is 411 g/mol. The summed E-state index contributed by atoms with van der Waals surface area (Å²) < 4.78 is 5.79. The molecule has 0 aromatic rings. The van der Waals surface area contributed by atoms with Crippen molar-refractivity contribution in [1.82, 2.24) is 0 Å². The zero-order valence-electron chi connectivity index (χ0n) is 19.2. The van der Waals surface area contributed by atoms with E-state index >= 15 is 0 Å². The molecule has 2 nitrogen and oxygen atoms in total. The summed E-state index contributed by atoms with van der Waals surface area (Å²) in [4.78, 5) is 11.6. The summed E-state index contributed by atoms with van der Waals surface area (Å²) in [6.07, 6.45) is 13.4. The van der Waals surface area contributed by atoms with Crippen molar-refractivity contribution < 1.29 is 9.53 Å². The molecule has 2 saturated carbocycles. The number of rotatable bonds is 1. The highest BCUT2D eigenvalue weighted by molar-refractivity contribution is 6.83. The van der Waals surface area contributed by atoms with Gasteiger partial charge in [0, 0.05) is 17.9 Å². The monoisotopic (exact) mass is 410 g/mol. The number of carbonyl (C=O) groups excluding carboxylic acids is 1. The van der Waals surface area contributed by atoms with Crippen molar-refractivity contribution in [1.29, 1.82) is 0 Å². The number of ether oxygens (including phenoxy) is 1. The molecule has 4 aliphatic rings. The molecule has 2 fully saturated rings. The fourth-order valence-corrected chi connectivity index (χ4v) is 7.57. The molecule has 3 heteroatoms. The molecule has 4 aliphatic carbocycles. The van der Waals surface area contributed by atoms with Gasteiger partial charge in [-0.2, -0.15) is 0 Å². The Morgan fingerprint density at radius 2 is 1.90 bits per heavy atom. The van der Waals surface area contributed by atoms with Crippen molar-refractivity contribution in [2.45, 2.75) is 91.5 Å². The number of fused-ring (bicyclic) bond motifs is 5. The van der Waals surface area contributed by atoms with Gasteiger partial charge in [0.05, 0.1) is 0 Å². The van der Waals surface area contributed by atoms with Gasteiger partial charge in [-0.3, -0.25) is 4.79 Å². The standard InChI is InChI=1S/C26H38O2Si/c1-18(27)28-24-10-9-22-21-8-7-20-17-19(13-16-29(4,5)6)11-14-25(20,2)23(21)12-15-26(22,24)3/h7,17,21-24H,8-12,14-15H2,1-6H3/t21-,22-,23-,24-,25-,26-/m0/s1. The van der Waals surface area contributed by atoms with Gasteiger partial charge < -0.3 is 4.74 Å². The fourth-order valence-electron chi connectivity index (χ4n) is 7.04. The highest BCUT2D eigenvalue weighted by Crippen LogP contribution is 2.64. The number of carbonyl (C=O) groups is 1. The van der Waals surface area contributed by atoms with Gasteiger partial charge in [-0.05, 0) is 79.8 Å². The van der Waals surface area contributed by atoms with E-state index in [1.54, 1.807) is 12.5 Å². The van der Waals surface area contributed by atoms with E-state index in [2.05, 4.69) is 57.1 Å². The number of hydrogen-bond donors (Lipinski definition) is 0. The first kappa shape index (κ1) is 21.0. The molecule has 0 aromatic carbocycles. The van der Waals surface area contributed by atoms with Crippen LogP contribution in [0.2, 0.25) is 19.6 Å². The molecule has 0 aromatic heterocycles. The van der Waals surface area contributed by atoms with Crippen LogP contribution in [0.3, 0.4) is 0 Å². The van der Waals surface area contributed by atoms with Gasteiger partial charge in [0.25, 0.3) is 0 Å². The van der Waals surface area contributed by atoms with Crippen LogP contribution in [-0.2, 0) is 9.53 Å². The molecule has 4 rings (SSSR count). The minimum atomic E-state index is -1.33. The molecule has 0 bridgehead atoms. The maximum atomic E-state index is 11.6. The molecule has 0 saturated heterocycles. The SMILES string of the molecule is CC(=O)O[C@H]1CC[C@H]2[C@@H]3CC=C4C=C(C#C[Si](C)(C)C)CC[C@]4(C)[C@H]3CC[C@]12C. The summed E-state index contributed by atoms with van der Waals surface area (Å²) in [5.74, 6) is 5.62. The van der Waals surface area contributed by atoms with Crippen molar-refractivity contribution in [3.63, 3.8) is 0 Å². The van der Waals surface area contributed by atoms with Crippen LogP contribution >= 0.6 is 0 Å². The predicted molar refractivity (Wildman–Crippen MR) is 122 cm³/mol. The molecule has 6 atom stereocenters. The Balaban J connectivity index is 1.60. The van der Waals surface area contributed by atoms with Crippen molar-refractivity contribution in [2.24, 2.45) is 28.6 Å². The molecule has 158 valence electrons. The fraction of sp³-hybridized carbons (Fsp3) is 0.731. The molecule has 0 N–H and O–H groups in total. The Bertz CT molecular complexity index is 820. The van der Waals surface area contributed by atoms with E-state index in [0.717, 1.165) is 24.7 Å². The van der Waals surface area contributed by atoms with Crippen LogP contribution < -0.4 is 0 Å². The smallest absolute Gasteiger partial charge is 0.302 e. The van der Waals surface area contributed by atoms with Crippen LogP contribution in [0.15, 0.2) is 23.3 Å². The zero-order chi connectivity index (χ0) is 21.0. The van der Waals surface area contributed by atoms with E-state index in [9.17, 15) is 4.79 Å². The van der Waals surface area contributed by atoms with Crippen molar-refractivity contribution in [2.75, 3.05) is 0 Å². The third kappa shape index (κ3) is 3.67. The maximum absolute atomic E-state index is 11.6. The number of esters is 1. The maximum Gasteiger partial charge on any atom is 0.302 e. The average Bonchev–Trinajstić information content (AvgIpc) is 2.95. The number of allylic oxidation sites excluding steroid dienone is 4. The lowest BCUT2D eigenvalue weighted by Crippen LogP contribution is -2.50. The molecular weight excluding hydrogens is 372 g/mol. The first-order chi connectivity index (χ1) is 13.5. The van der Waals surface area contributed by atoms with Crippen LogP contribution in [0.1, 0.15) is 65.7 Å². The van der Waals surface area contributed by atoms with Gasteiger partial charge >= 0.3 is 5.97 Å². The topological polar surface area (TPSA) is 26.3 Å². The van der Waals surface area contributed by atoms with E-state index in [1.165, 1.54) is 37.7 Å². The highest BCUT2D eigenvalue weighted by Gasteiger charge is 2.59. The summed E-state index contributed by atoms with van der Waals surface area (Å²) in [7, 11) is -1.33. The lowest BCUT2D eigenvalue weighted by Gasteiger charge is -2.56. The molecule has 0 radical (unpaired) electrons. The Kier molecular flexibility index (Phi) is 5.17. The van der Waals surface area contributed by atoms with E-state index in [-0.39, 0.29) is 17.5 Å². The minimum Gasteiger partial charge on any atom is -0.462 e. The quantitative estimate of drug-likeness (QED) is 0.288. The first-order valence-corrected chi connectivity index (χ1v) is 15.1. The van der Waals surface area contributed by atoms with Crippen LogP contribution in [0, 0.1) is 40.0 Å². The molecule has 0 spiro atoms. The van der Waals surface area contributed by atoms with Crippen molar-refractivity contribution >= 4 is 14.0 Å². The second kappa shape index (κ2) is 7.15. The second-order valence-corrected chi connectivity index (χ2v) is 16.3. The van der Waals surface area contributed by atoms with Gasteiger partial charge in [-0.1, -0.05) is 45.5 Å². The largest absolute Gasteiger partial charge is 0.462 e. The van der Waals surface area contributed by atoms with Gasteiger partial charge in [0.2, 0.25) is 0 Å². The molecule has 0 heterocycles. The zero-order valence-corrected chi connectivity index (χ0v) is 20.2. The highest BCUT2D eigenvalue weighted by atomic mass is 28.3. The van der Waals surface area contributed by atoms with E-state index < -0.39 is 8.07 Å². The lowest BCUT2D eigenvalue weighted by atomic mass is 9.48. The Labute approximate surface area is 178 Å². The number of hydrogen-bond acceptors (Lipinski definition) is 2. The van der Waals surface area contributed by atoms with Crippen LogP contribution in [0.4, 0.5) is 0 Å². The molecule has 0 amide bonds. The third-order valence-corrected chi connectivity index (χ3v) is 9.46. The summed E-state index contributed by atoms with van der Waals surface area (Å²) in [6.45, 7) is 13.5. The summed E-state index contributed by atoms with van der Waals surface area (Å²) >= 11 is 0. The summed E-state index contributed by atoms with van der Waals surface area (Å²) in [6, 6.07) is 0. The second-order valence-electron chi connectivity index (χ2n) is 11.6. The van der Waals surface area contributed by atoms with Crippen molar-refractivity contribution in [3.05, 3.63) is 23.3 Å². The van der Waals surface area contributed by atoms with Crippen LogP contribution in [0.25, 0.3) is 0 Å². The normalized spacial score (nSPS) is 41.0. The Morgan fingerprint density at radius 1 is 1.14 bits per heavy atom.